The maximum atomic E-state index is 12.7. The van der Waals surface area contributed by atoms with Gasteiger partial charge in [-0.05, 0) is 63.3 Å². The topological polar surface area (TPSA) is 41.4 Å². The summed E-state index contributed by atoms with van der Waals surface area (Å²) in [7, 11) is 1.90. The minimum Gasteiger partial charge on any atom is -0.341 e. The van der Waals surface area contributed by atoms with Crippen LogP contribution < -0.4 is 0 Å². The van der Waals surface area contributed by atoms with E-state index in [4.69, 9.17) is 11.6 Å². The van der Waals surface area contributed by atoms with Crippen molar-refractivity contribution in [2.45, 2.75) is 39.2 Å². The molecule has 0 aliphatic carbocycles. The van der Waals surface area contributed by atoms with Gasteiger partial charge in [-0.3, -0.25) is 9.48 Å². The molecule has 1 saturated heterocycles. The zero-order valence-electron chi connectivity index (χ0n) is 17.1. The van der Waals surface area contributed by atoms with Crippen LogP contribution in [0.1, 0.15) is 48.7 Å². The summed E-state index contributed by atoms with van der Waals surface area (Å²) in [5.41, 5.74) is 1.99. The molecule has 28 heavy (non-hydrogen) atoms. The zero-order valence-corrected chi connectivity index (χ0v) is 17.9. The Hall–Kier alpha value is -1.85. The highest BCUT2D eigenvalue weighted by Crippen LogP contribution is 2.19. The Morgan fingerprint density at radius 2 is 2.07 bits per heavy atom. The lowest BCUT2D eigenvalue weighted by atomic mass is 9.97. The molecule has 1 fully saturated rings. The highest BCUT2D eigenvalue weighted by Gasteiger charge is 2.23. The molecule has 152 valence electrons. The summed E-state index contributed by atoms with van der Waals surface area (Å²) in [4.78, 5) is 17.1. The van der Waals surface area contributed by atoms with Crippen LogP contribution in [0.15, 0.2) is 36.7 Å². The van der Waals surface area contributed by atoms with E-state index in [-0.39, 0.29) is 11.9 Å². The van der Waals surface area contributed by atoms with E-state index in [0.717, 1.165) is 37.6 Å². The molecule has 0 radical (unpaired) electrons. The molecule has 2 aromatic rings. The predicted molar refractivity (Wildman–Crippen MR) is 114 cm³/mol. The number of hydrogen-bond acceptors (Lipinski definition) is 3. The molecule has 3 rings (SSSR count). The van der Waals surface area contributed by atoms with Crippen LogP contribution in [0.25, 0.3) is 0 Å². The molecule has 2 heterocycles. The van der Waals surface area contributed by atoms with Gasteiger partial charge in [-0.1, -0.05) is 23.7 Å². The number of aromatic nitrogens is 2. The van der Waals surface area contributed by atoms with Crippen LogP contribution in [0.3, 0.4) is 0 Å². The van der Waals surface area contributed by atoms with Crippen molar-refractivity contribution in [1.82, 2.24) is 19.6 Å². The Labute approximate surface area is 173 Å². The SMILES string of the molecule is CC(C)n1cc(C(=O)N(C)CC2CCCN(CCc3ccc(Cl)cc3)C2)cn1. The summed E-state index contributed by atoms with van der Waals surface area (Å²) >= 11 is 5.97. The van der Waals surface area contributed by atoms with Gasteiger partial charge in [0.25, 0.3) is 5.91 Å². The summed E-state index contributed by atoms with van der Waals surface area (Å²) in [5.74, 6) is 0.582. The Morgan fingerprint density at radius 1 is 1.32 bits per heavy atom. The molecule has 6 heteroatoms. The molecule has 0 bridgehead atoms. The van der Waals surface area contributed by atoms with Crippen LogP contribution in [0.4, 0.5) is 0 Å². The molecule has 1 aromatic carbocycles. The van der Waals surface area contributed by atoms with Crippen LogP contribution >= 0.6 is 11.6 Å². The first-order valence-electron chi connectivity index (χ1n) is 10.2. The lowest BCUT2D eigenvalue weighted by Gasteiger charge is -2.34. The molecule has 0 N–H and O–H groups in total. The van der Waals surface area contributed by atoms with Crippen molar-refractivity contribution in [2.75, 3.05) is 33.2 Å². The van der Waals surface area contributed by atoms with E-state index in [0.29, 0.717) is 11.5 Å². The van der Waals surface area contributed by atoms with Crippen molar-refractivity contribution in [2.24, 2.45) is 5.92 Å². The van der Waals surface area contributed by atoms with E-state index in [2.05, 4.69) is 36.0 Å². The third-order valence-corrected chi connectivity index (χ3v) is 5.74. The minimum absolute atomic E-state index is 0.0604. The highest BCUT2D eigenvalue weighted by atomic mass is 35.5. The van der Waals surface area contributed by atoms with E-state index in [1.165, 1.54) is 18.4 Å². The van der Waals surface area contributed by atoms with Crippen LogP contribution in [-0.2, 0) is 6.42 Å². The summed E-state index contributed by atoms with van der Waals surface area (Å²) in [6, 6.07) is 8.39. The monoisotopic (exact) mass is 402 g/mol. The molecule has 1 atom stereocenters. The molecule has 1 aliphatic rings. The number of carbonyl (C=O) groups excluding carboxylic acids is 1. The van der Waals surface area contributed by atoms with Crippen molar-refractivity contribution in [3.63, 3.8) is 0 Å². The fourth-order valence-electron chi connectivity index (χ4n) is 3.86. The Bertz CT molecular complexity index is 771. The number of halogens is 1. The number of nitrogens with zero attached hydrogens (tertiary/aromatic N) is 4. The summed E-state index contributed by atoms with van der Waals surface area (Å²) in [6.45, 7) is 8.16. The van der Waals surface area contributed by atoms with Crippen LogP contribution in [0.2, 0.25) is 5.02 Å². The number of likely N-dealkylation sites (tertiary alicyclic amines) is 1. The average molecular weight is 403 g/mol. The van der Waals surface area contributed by atoms with E-state index < -0.39 is 0 Å². The molecule has 0 spiro atoms. The van der Waals surface area contributed by atoms with Gasteiger partial charge in [0.05, 0.1) is 11.8 Å². The molecule has 1 aromatic heterocycles. The molecule has 1 amide bonds. The second-order valence-electron chi connectivity index (χ2n) is 8.17. The number of hydrogen-bond donors (Lipinski definition) is 0. The normalized spacial score (nSPS) is 17.8. The quantitative estimate of drug-likeness (QED) is 0.698. The fourth-order valence-corrected chi connectivity index (χ4v) is 3.99. The van der Waals surface area contributed by atoms with Gasteiger partial charge in [-0.2, -0.15) is 5.10 Å². The van der Waals surface area contributed by atoms with Crippen LogP contribution in [0.5, 0.6) is 0 Å². The minimum atomic E-state index is 0.0604. The Morgan fingerprint density at radius 3 is 2.75 bits per heavy atom. The molecule has 5 nitrogen and oxygen atoms in total. The molecule has 0 saturated carbocycles. The summed E-state index contributed by atoms with van der Waals surface area (Å²) in [5, 5.41) is 5.07. The molecule has 1 aliphatic heterocycles. The second kappa shape index (κ2) is 9.57. The van der Waals surface area contributed by atoms with Gasteiger partial charge >= 0.3 is 0 Å². The largest absolute Gasteiger partial charge is 0.341 e. The van der Waals surface area contributed by atoms with Crippen molar-refractivity contribution >= 4 is 17.5 Å². The van der Waals surface area contributed by atoms with Crippen molar-refractivity contribution in [1.29, 1.82) is 0 Å². The van der Waals surface area contributed by atoms with Gasteiger partial charge in [0.15, 0.2) is 0 Å². The van der Waals surface area contributed by atoms with E-state index in [9.17, 15) is 4.79 Å². The van der Waals surface area contributed by atoms with E-state index >= 15 is 0 Å². The second-order valence-corrected chi connectivity index (χ2v) is 8.61. The molecule has 1 unspecified atom stereocenters. The van der Waals surface area contributed by atoms with Crippen molar-refractivity contribution < 1.29 is 4.79 Å². The van der Waals surface area contributed by atoms with Gasteiger partial charge < -0.3 is 9.80 Å². The van der Waals surface area contributed by atoms with E-state index in [1.807, 2.05) is 35.0 Å². The number of benzene rings is 1. The number of carbonyl (C=O) groups is 1. The smallest absolute Gasteiger partial charge is 0.256 e. The molecular weight excluding hydrogens is 372 g/mol. The summed E-state index contributed by atoms with van der Waals surface area (Å²) in [6.07, 6.45) is 6.94. The van der Waals surface area contributed by atoms with Gasteiger partial charge in [-0.25, -0.2) is 0 Å². The van der Waals surface area contributed by atoms with Crippen molar-refractivity contribution in [3.8, 4) is 0 Å². The van der Waals surface area contributed by atoms with Gasteiger partial charge in [-0.15, -0.1) is 0 Å². The fraction of sp³-hybridized carbons (Fsp3) is 0.545. The zero-order chi connectivity index (χ0) is 20.1. The average Bonchev–Trinajstić information content (AvgIpc) is 3.18. The number of piperidine rings is 1. The predicted octanol–water partition coefficient (Wildman–Crippen LogP) is 4.14. The maximum absolute atomic E-state index is 12.7. The summed E-state index contributed by atoms with van der Waals surface area (Å²) < 4.78 is 1.83. The maximum Gasteiger partial charge on any atom is 0.256 e. The third kappa shape index (κ3) is 5.58. The molecular formula is C22H31ClN4O. The Kier molecular flexibility index (Phi) is 7.13. The van der Waals surface area contributed by atoms with Gasteiger partial charge in [0, 0.05) is 43.9 Å². The third-order valence-electron chi connectivity index (χ3n) is 5.49. The van der Waals surface area contributed by atoms with Crippen LogP contribution in [-0.4, -0.2) is 58.7 Å². The van der Waals surface area contributed by atoms with Crippen LogP contribution in [0, 0.1) is 5.92 Å². The number of rotatable bonds is 7. The standard InChI is InChI=1S/C22H31ClN4O/c1-17(2)27-16-20(13-24-27)22(28)25(3)14-19-5-4-11-26(15-19)12-10-18-6-8-21(23)9-7-18/h6-9,13,16-17,19H,4-5,10-12,14-15H2,1-3H3. The van der Waals surface area contributed by atoms with Crippen molar-refractivity contribution in [3.05, 3.63) is 52.8 Å². The lowest BCUT2D eigenvalue weighted by molar-refractivity contribution is 0.0730. The Balaban J connectivity index is 1.49. The highest BCUT2D eigenvalue weighted by molar-refractivity contribution is 6.30. The van der Waals surface area contributed by atoms with Gasteiger partial charge in [0.1, 0.15) is 0 Å². The first kappa shape index (κ1) is 20.9. The first-order chi connectivity index (χ1) is 13.4. The lowest BCUT2D eigenvalue weighted by Crippen LogP contribution is -2.42. The van der Waals surface area contributed by atoms with E-state index in [1.54, 1.807) is 6.20 Å². The first-order valence-corrected chi connectivity index (χ1v) is 10.6. The van der Waals surface area contributed by atoms with Gasteiger partial charge in [0.2, 0.25) is 0 Å². The number of amides is 1.